The number of anilines is 1. The van der Waals surface area contributed by atoms with Crippen LogP contribution in [0.5, 0.6) is 5.75 Å². The smallest absolute Gasteiger partial charge is 0.121 e. The average Bonchev–Trinajstić information content (AvgIpc) is 3.20. The molecule has 2 unspecified atom stereocenters. The predicted molar refractivity (Wildman–Crippen MR) is 77.2 cm³/mol. The van der Waals surface area contributed by atoms with E-state index in [0.717, 1.165) is 5.92 Å². The van der Waals surface area contributed by atoms with Crippen LogP contribution in [0, 0.1) is 5.92 Å². The SMILES string of the molecule is CC(C1CC1)N(C)CC(O)COc1cccc(N)c1. The maximum atomic E-state index is 10.0. The van der Waals surface area contributed by atoms with Crippen LogP contribution in [-0.4, -0.2) is 42.4 Å². The van der Waals surface area contributed by atoms with Crippen LogP contribution < -0.4 is 10.5 Å². The van der Waals surface area contributed by atoms with E-state index in [0.29, 0.717) is 30.6 Å². The molecule has 0 amide bonds. The highest BCUT2D eigenvalue weighted by Gasteiger charge is 2.30. The van der Waals surface area contributed by atoms with E-state index < -0.39 is 6.10 Å². The van der Waals surface area contributed by atoms with E-state index >= 15 is 0 Å². The molecule has 106 valence electrons. The van der Waals surface area contributed by atoms with Gasteiger partial charge in [-0.25, -0.2) is 0 Å². The molecule has 1 fully saturated rings. The van der Waals surface area contributed by atoms with Gasteiger partial charge in [0.1, 0.15) is 18.5 Å². The third-order valence-corrected chi connectivity index (χ3v) is 3.80. The summed E-state index contributed by atoms with van der Waals surface area (Å²) in [5.74, 6) is 1.52. The maximum absolute atomic E-state index is 10.0. The van der Waals surface area contributed by atoms with Crippen LogP contribution in [0.3, 0.4) is 0 Å². The summed E-state index contributed by atoms with van der Waals surface area (Å²) in [7, 11) is 2.06. The molecule has 2 rings (SSSR count). The minimum atomic E-state index is -0.479. The first-order valence-electron chi connectivity index (χ1n) is 6.93. The molecule has 1 aromatic rings. The molecule has 1 aliphatic carbocycles. The van der Waals surface area contributed by atoms with Crippen LogP contribution in [-0.2, 0) is 0 Å². The highest BCUT2D eigenvalue weighted by molar-refractivity contribution is 5.43. The average molecular weight is 264 g/mol. The Labute approximate surface area is 115 Å². The van der Waals surface area contributed by atoms with E-state index in [1.807, 2.05) is 18.2 Å². The van der Waals surface area contributed by atoms with Gasteiger partial charge in [-0.1, -0.05) is 6.07 Å². The quantitative estimate of drug-likeness (QED) is 0.737. The lowest BCUT2D eigenvalue weighted by atomic mass is 10.2. The fraction of sp³-hybridized carbons (Fsp3) is 0.600. The number of benzene rings is 1. The number of nitrogens with two attached hydrogens (primary N) is 1. The highest BCUT2D eigenvalue weighted by atomic mass is 16.5. The molecule has 1 saturated carbocycles. The molecule has 1 aromatic carbocycles. The number of aliphatic hydroxyl groups excluding tert-OH is 1. The van der Waals surface area contributed by atoms with Crippen molar-refractivity contribution in [2.75, 3.05) is 25.9 Å². The third-order valence-electron chi connectivity index (χ3n) is 3.80. The maximum Gasteiger partial charge on any atom is 0.121 e. The normalized spacial score (nSPS) is 18.3. The van der Waals surface area contributed by atoms with Crippen molar-refractivity contribution in [3.63, 3.8) is 0 Å². The molecule has 4 nitrogen and oxygen atoms in total. The standard InChI is InChI=1S/C15H24N2O2/c1-11(12-6-7-12)17(2)9-14(18)10-19-15-5-3-4-13(16)8-15/h3-5,8,11-12,14,18H,6-7,9-10,16H2,1-2H3. The molecule has 0 heterocycles. The minimum absolute atomic E-state index is 0.297. The summed E-state index contributed by atoms with van der Waals surface area (Å²) < 4.78 is 5.55. The van der Waals surface area contributed by atoms with E-state index in [2.05, 4.69) is 18.9 Å². The van der Waals surface area contributed by atoms with Crippen molar-refractivity contribution in [1.82, 2.24) is 4.90 Å². The molecule has 19 heavy (non-hydrogen) atoms. The summed E-state index contributed by atoms with van der Waals surface area (Å²) >= 11 is 0. The van der Waals surface area contributed by atoms with E-state index in [4.69, 9.17) is 10.5 Å². The first-order chi connectivity index (χ1) is 9.06. The van der Waals surface area contributed by atoms with Gasteiger partial charge in [-0.05, 0) is 44.9 Å². The Kier molecular flexibility index (Phi) is 4.66. The Morgan fingerprint density at radius 3 is 2.84 bits per heavy atom. The van der Waals surface area contributed by atoms with Gasteiger partial charge in [0.05, 0.1) is 0 Å². The molecular weight excluding hydrogens is 240 g/mol. The molecule has 0 aliphatic heterocycles. The molecule has 0 bridgehead atoms. The Morgan fingerprint density at radius 1 is 1.47 bits per heavy atom. The van der Waals surface area contributed by atoms with Gasteiger partial charge >= 0.3 is 0 Å². The molecule has 0 aromatic heterocycles. The second kappa shape index (κ2) is 6.26. The fourth-order valence-electron chi connectivity index (χ4n) is 2.29. The van der Waals surface area contributed by atoms with E-state index in [1.165, 1.54) is 12.8 Å². The van der Waals surface area contributed by atoms with Crippen LogP contribution in [0.1, 0.15) is 19.8 Å². The van der Waals surface area contributed by atoms with Gasteiger partial charge in [0.2, 0.25) is 0 Å². The number of nitrogens with zero attached hydrogens (tertiary/aromatic N) is 1. The Balaban J connectivity index is 1.73. The molecule has 4 heteroatoms. The molecule has 0 spiro atoms. The lowest BCUT2D eigenvalue weighted by Gasteiger charge is -2.26. The lowest BCUT2D eigenvalue weighted by Crippen LogP contribution is -2.39. The van der Waals surface area contributed by atoms with Gasteiger partial charge in [0.15, 0.2) is 0 Å². The Morgan fingerprint density at radius 2 is 2.21 bits per heavy atom. The highest BCUT2D eigenvalue weighted by Crippen LogP contribution is 2.34. The minimum Gasteiger partial charge on any atom is -0.491 e. The van der Waals surface area contributed by atoms with E-state index in [1.54, 1.807) is 6.07 Å². The largest absolute Gasteiger partial charge is 0.491 e. The van der Waals surface area contributed by atoms with Crippen molar-refractivity contribution in [1.29, 1.82) is 0 Å². The van der Waals surface area contributed by atoms with Crippen molar-refractivity contribution in [3.8, 4) is 5.75 Å². The third kappa shape index (κ3) is 4.40. The van der Waals surface area contributed by atoms with Gasteiger partial charge in [-0.2, -0.15) is 0 Å². The topological polar surface area (TPSA) is 58.7 Å². The fourth-order valence-corrected chi connectivity index (χ4v) is 2.29. The molecular formula is C15H24N2O2. The van der Waals surface area contributed by atoms with Crippen LogP contribution in [0.15, 0.2) is 24.3 Å². The van der Waals surface area contributed by atoms with Crippen LogP contribution in [0.25, 0.3) is 0 Å². The first kappa shape index (κ1) is 14.2. The number of nitrogen functional groups attached to an aromatic ring is 1. The van der Waals surface area contributed by atoms with Gasteiger partial charge in [-0.3, -0.25) is 0 Å². The zero-order valence-corrected chi connectivity index (χ0v) is 11.7. The van der Waals surface area contributed by atoms with Crippen molar-refractivity contribution < 1.29 is 9.84 Å². The summed E-state index contributed by atoms with van der Waals surface area (Å²) in [5, 5.41) is 10.0. The first-order valence-corrected chi connectivity index (χ1v) is 6.93. The molecule has 1 aliphatic rings. The van der Waals surface area contributed by atoms with Gasteiger partial charge in [-0.15, -0.1) is 0 Å². The summed E-state index contributed by atoms with van der Waals surface area (Å²) in [6, 6.07) is 7.82. The van der Waals surface area contributed by atoms with Crippen molar-refractivity contribution in [3.05, 3.63) is 24.3 Å². The molecule has 0 radical (unpaired) electrons. The van der Waals surface area contributed by atoms with Crippen molar-refractivity contribution in [2.45, 2.75) is 31.9 Å². The predicted octanol–water partition coefficient (Wildman–Crippen LogP) is 1.74. The summed E-state index contributed by atoms with van der Waals surface area (Å²) in [6.07, 6.45) is 2.16. The Hall–Kier alpha value is -1.26. The van der Waals surface area contributed by atoms with Crippen LogP contribution in [0.2, 0.25) is 0 Å². The van der Waals surface area contributed by atoms with Crippen molar-refractivity contribution >= 4 is 5.69 Å². The second-order valence-corrected chi connectivity index (χ2v) is 5.55. The van der Waals surface area contributed by atoms with Gasteiger partial charge < -0.3 is 20.5 Å². The molecule has 2 atom stereocenters. The van der Waals surface area contributed by atoms with Gasteiger partial charge in [0, 0.05) is 24.3 Å². The number of hydrogen-bond acceptors (Lipinski definition) is 4. The van der Waals surface area contributed by atoms with Crippen LogP contribution >= 0.6 is 0 Å². The monoisotopic (exact) mass is 264 g/mol. The number of aliphatic hydroxyl groups is 1. The van der Waals surface area contributed by atoms with Crippen LogP contribution in [0.4, 0.5) is 5.69 Å². The second-order valence-electron chi connectivity index (χ2n) is 5.55. The van der Waals surface area contributed by atoms with E-state index in [9.17, 15) is 5.11 Å². The van der Waals surface area contributed by atoms with Gasteiger partial charge in [0.25, 0.3) is 0 Å². The summed E-state index contributed by atoms with van der Waals surface area (Å²) in [6.45, 7) is 3.16. The number of likely N-dealkylation sites (N-methyl/N-ethyl adjacent to an activating group) is 1. The van der Waals surface area contributed by atoms with E-state index in [-0.39, 0.29) is 0 Å². The molecule has 3 N–H and O–H groups in total. The zero-order chi connectivity index (χ0) is 13.8. The number of ether oxygens (including phenoxy) is 1. The van der Waals surface area contributed by atoms with Crippen molar-refractivity contribution in [2.24, 2.45) is 5.92 Å². The number of rotatable bonds is 7. The Bertz CT molecular complexity index is 407. The summed E-state index contributed by atoms with van der Waals surface area (Å²) in [4.78, 5) is 2.21. The zero-order valence-electron chi connectivity index (χ0n) is 11.7. The molecule has 0 saturated heterocycles. The number of hydrogen-bond donors (Lipinski definition) is 2. The lowest BCUT2D eigenvalue weighted by molar-refractivity contribution is 0.0623. The summed E-state index contributed by atoms with van der Waals surface area (Å²) in [5.41, 5.74) is 6.35.